The molecule has 1 N–H and O–H groups in total. The average Bonchev–Trinajstić information content (AvgIpc) is 2.60. The number of hydrogen-bond donors (Lipinski definition) is 1. The Morgan fingerprint density at radius 2 is 2.14 bits per heavy atom. The third-order valence-electron chi connectivity index (χ3n) is 3.81. The van der Waals surface area contributed by atoms with Crippen molar-refractivity contribution >= 4 is 17.6 Å². The molecule has 21 heavy (non-hydrogen) atoms. The van der Waals surface area contributed by atoms with Gasteiger partial charge in [-0.1, -0.05) is 33.8 Å². The van der Waals surface area contributed by atoms with Gasteiger partial charge >= 0.3 is 0 Å². The van der Waals surface area contributed by atoms with Crippen molar-refractivity contribution in [2.24, 2.45) is 5.92 Å². The molecule has 1 saturated heterocycles. The first-order valence-electron chi connectivity index (χ1n) is 8.02. The first kappa shape index (κ1) is 16.6. The van der Waals surface area contributed by atoms with Crippen LogP contribution >= 0.6 is 11.8 Å². The number of rotatable bonds is 5. The molecule has 0 radical (unpaired) electrons. The van der Waals surface area contributed by atoms with E-state index in [-0.39, 0.29) is 0 Å². The minimum Gasteiger partial charge on any atom is -0.356 e. The first-order chi connectivity index (χ1) is 9.96. The van der Waals surface area contributed by atoms with E-state index in [1.54, 1.807) is 0 Å². The molecule has 0 bridgehead atoms. The molecule has 0 aliphatic carbocycles. The fraction of sp³-hybridized carbons (Fsp3) is 0.706. The van der Waals surface area contributed by atoms with Crippen molar-refractivity contribution in [3.05, 3.63) is 23.9 Å². The lowest BCUT2D eigenvalue weighted by molar-refractivity contribution is 0.548. The Hall–Kier alpha value is -0.740. The first-order valence-corrected chi connectivity index (χ1v) is 9.00. The second-order valence-electron chi connectivity index (χ2n) is 6.86. The number of anilines is 1. The van der Waals surface area contributed by atoms with Crippen molar-refractivity contribution in [2.75, 3.05) is 30.3 Å². The van der Waals surface area contributed by atoms with E-state index < -0.39 is 0 Å². The monoisotopic (exact) mass is 307 g/mol. The molecule has 4 heteroatoms. The van der Waals surface area contributed by atoms with Crippen LogP contribution in [-0.4, -0.2) is 35.1 Å². The number of pyridine rings is 1. The van der Waals surface area contributed by atoms with Gasteiger partial charge in [-0.25, -0.2) is 4.98 Å². The van der Waals surface area contributed by atoms with Gasteiger partial charge in [-0.05, 0) is 31.0 Å². The Morgan fingerprint density at radius 3 is 2.90 bits per heavy atom. The van der Waals surface area contributed by atoms with Crippen LogP contribution in [0.5, 0.6) is 0 Å². The molecule has 3 nitrogen and oxygen atoms in total. The number of nitrogens with zero attached hydrogens (tertiary/aromatic N) is 2. The van der Waals surface area contributed by atoms with E-state index >= 15 is 0 Å². The Kier molecular flexibility index (Phi) is 5.94. The molecule has 1 aliphatic rings. The fourth-order valence-corrected chi connectivity index (χ4v) is 3.58. The number of hydrogen-bond acceptors (Lipinski definition) is 4. The molecule has 0 spiro atoms. The Bertz CT molecular complexity index is 445. The predicted octanol–water partition coefficient (Wildman–Crippen LogP) is 3.55. The highest BCUT2D eigenvalue weighted by atomic mass is 32.2. The zero-order valence-corrected chi connectivity index (χ0v) is 14.7. The number of thioether (sulfide) groups is 1. The van der Waals surface area contributed by atoms with E-state index in [1.807, 2.05) is 0 Å². The van der Waals surface area contributed by atoms with Crippen LogP contribution in [-0.2, 0) is 6.54 Å². The standard InChI is InChI=1S/C17H29N3S/c1-14(2)12-18-13-15-6-5-7-16(19-15)20-9-8-17(3,4)21-11-10-20/h5-7,14,18H,8-13H2,1-4H3. The van der Waals surface area contributed by atoms with Crippen LogP contribution in [0.2, 0.25) is 0 Å². The van der Waals surface area contributed by atoms with E-state index in [1.165, 1.54) is 12.2 Å². The van der Waals surface area contributed by atoms with Crippen LogP contribution in [0.3, 0.4) is 0 Å². The van der Waals surface area contributed by atoms with Gasteiger partial charge in [0.2, 0.25) is 0 Å². The van der Waals surface area contributed by atoms with Gasteiger partial charge in [0.05, 0.1) is 5.69 Å². The lowest BCUT2D eigenvalue weighted by Gasteiger charge is -2.23. The van der Waals surface area contributed by atoms with Crippen molar-refractivity contribution in [1.29, 1.82) is 0 Å². The molecule has 0 amide bonds. The van der Waals surface area contributed by atoms with Gasteiger partial charge in [0.1, 0.15) is 5.82 Å². The summed E-state index contributed by atoms with van der Waals surface area (Å²) < 4.78 is 0.394. The van der Waals surface area contributed by atoms with Crippen LogP contribution in [0.25, 0.3) is 0 Å². The van der Waals surface area contributed by atoms with Gasteiger partial charge < -0.3 is 10.2 Å². The third-order valence-corrected chi connectivity index (χ3v) is 5.18. The Balaban J connectivity index is 1.96. The molecule has 0 atom stereocenters. The van der Waals surface area contributed by atoms with Crippen LogP contribution in [0.15, 0.2) is 18.2 Å². The van der Waals surface area contributed by atoms with Crippen molar-refractivity contribution in [3.63, 3.8) is 0 Å². The van der Waals surface area contributed by atoms with E-state index in [2.05, 4.69) is 67.9 Å². The molecule has 1 aliphatic heterocycles. The van der Waals surface area contributed by atoms with Gasteiger partial charge in [-0.2, -0.15) is 11.8 Å². The summed E-state index contributed by atoms with van der Waals surface area (Å²) in [5.41, 5.74) is 1.14. The minimum atomic E-state index is 0.394. The van der Waals surface area contributed by atoms with Crippen LogP contribution in [0, 0.1) is 5.92 Å². The summed E-state index contributed by atoms with van der Waals surface area (Å²) in [6.45, 7) is 13.3. The summed E-state index contributed by atoms with van der Waals surface area (Å²) in [7, 11) is 0. The molecule has 0 unspecified atom stereocenters. The van der Waals surface area contributed by atoms with E-state index in [0.717, 1.165) is 37.7 Å². The Labute approximate surface area is 133 Å². The summed E-state index contributed by atoms with van der Waals surface area (Å²) in [6, 6.07) is 6.40. The molecule has 0 aromatic carbocycles. The SMILES string of the molecule is CC(C)CNCc1cccc(N2CCSC(C)(C)CC2)n1. The summed E-state index contributed by atoms with van der Waals surface area (Å²) in [5.74, 6) is 3.00. The molecule has 2 rings (SSSR count). The van der Waals surface area contributed by atoms with Crippen LogP contribution in [0.4, 0.5) is 5.82 Å². The molecule has 1 aromatic heterocycles. The summed E-state index contributed by atoms with van der Waals surface area (Å²) in [4.78, 5) is 7.28. The van der Waals surface area contributed by atoms with Crippen molar-refractivity contribution in [3.8, 4) is 0 Å². The zero-order valence-electron chi connectivity index (χ0n) is 13.9. The van der Waals surface area contributed by atoms with Crippen LogP contribution < -0.4 is 10.2 Å². The highest BCUT2D eigenvalue weighted by Gasteiger charge is 2.24. The van der Waals surface area contributed by atoms with Gasteiger partial charge in [0.25, 0.3) is 0 Å². The van der Waals surface area contributed by atoms with E-state index in [0.29, 0.717) is 10.7 Å². The van der Waals surface area contributed by atoms with Crippen molar-refractivity contribution in [1.82, 2.24) is 10.3 Å². The number of nitrogens with one attached hydrogen (secondary N) is 1. The second kappa shape index (κ2) is 7.50. The molecular formula is C17H29N3S. The van der Waals surface area contributed by atoms with Gasteiger partial charge in [-0.3, -0.25) is 0 Å². The lowest BCUT2D eigenvalue weighted by Crippen LogP contribution is -2.28. The summed E-state index contributed by atoms with van der Waals surface area (Å²) in [6.07, 6.45) is 1.22. The lowest BCUT2D eigenvalue weighted by atomic mass is 10.1. The maximum atomic E-state index is 4.84. The van der Waals surface area contributed by atoms with E-state index in [9.17, 15) is 0 Å². The topological polar surface area (TPSA) is 28.2 Å². The Morgan fingerprint density at radius 1 is 1.33 bits per heavy atom. The van der Waals surface area contributed by atoms with Crippen LogP contribution in [0.1, 0.15) is 39.8 Å². The molecule has 2 heterocycles. The largest absolute Gasteiger partial charge is 0.356 e. The van der Waals surface area contributed by atoms with Gasteiger partial charge in [0.15, 0.2) is 0 Å². The third kappa shape index (κ3) is 5.51. The highest BCUT2D eigenvalue weighted by molar-refractivity contribution is 8.00. The zero-order chi connectivity index (χ0) is 15.3. The highest BCUT2D eigenvalue weighted by Crippen LogP contribution is 2.31. The molecule has 1 aromatic rings. The number of aromatic nitrogens is 1. The average molecular weight is 308 g/mol. The molecule has 0 saturated carbocycles. The quantitative estimate of drug-likeness (QED) is 0.900. The maximum absolute atomic E-state index is 4.84. The fourth-order valence-electron chi connectivity index (χ4n) is 2.48. The maximum Gasteiger partial charge on any atom is 0.128 e. The van der Waals surface area contributed by atoms with E-state index in [4.69, 9.17) is 4.98 Å². The van der Waals surface area contributed by atoms with Gasteiger partial charge in [-0.15, -0.1) is 0 Å². The van der Waals surface area contributed by atoms with Crippen molar-refractivity contribution < 1.29 is 0 Å². The normalized spacial score (nSPS) is 18.8. The second-order valence-corrected chi connectivity index (χ2v) is 8.66. The molecule has 1 fully saturated rings. The molecular weight excluding hydrogens is 278 g/mol. The smallest absolute Gasteiger partial charge is 0.128 e. The molecule has 118 valence electrons. The minimum absolute atomic E-state index is 0.394. The predicted molar refractivity (Wildman–Crippen MR) is 94.1 cm³/mol. The van der Waals surface area contributed by atoms with Crippen molar-refractivity contribution in [2.45, 2.75) is 45.4 Å². The summed E-state index contributed by atoms with van der Waals surface area (Å²) >= 11 is 2.08. The summed E-state index contributed by atoms with van der Waals surface area (Å²) in [5, 5.41) is 3.47. The van der Waals surface area contributed by atoms with Gasteiger partial charge in [0, 0.05) is 30.1 Å².